The summed E-state index contributed by atoms with van der Waals surface area (Å²) in [7, 11) is -1.78. The number of sulfonamides is 1. The van der Waals surface area contributed by atoms with Gasteiger partial charge in [-0.25, -0.2) is 13.1 Å². The van der Waals surface area contributed by atoms with Crippen LogP contribution in [0.3, 0.4) is 0 Å². The number of rotatable bonds is 6. The SMILES string of the molecule is Cc1c(S(=O)(=O)NCCN2CCCC(CO)C2)cnn1C. The maximum absolute atomic E-state index is 12.2. The summed E-state index contributed by atoms with van der Waals surface area (Å²) < 4.78 is 28.6. The Morgan fingerprint density at radius 3 is 2.90 bits per heavy atom. The van der Waals surface area contributed by atoms with Crippen LogP contribution in [0, 0.1) is 12.8 Å². The summed E-state index contributed by atoms with van der Waals surface area (Å²) in [5.74, 6) is 0.316. The minimum absolute atomic E-state index is 0.205. The number of nitrogens with zero attached hydrogens (tertiary/aromatic N) is 3. The van der Waals surface area contributed by atoms with Crippen LogP contribution in [0.5, 0.6) is 0 Å². The van der Waals surface area contributed by atoms with E-state index >= 15 is 0 Å². The zero-order valence-corrected chi connectivity index (χ0v) is 13.4. The topological polar surface area (TPSA) is 87.5 Å². The van der Waals surface area contributed by atoms with Crippen molar-refractivity contribution < 1.29 is 13.5 Å². The van der Waals surface area contributed by atoms with Crippen molar-refractivity contribution in [2.75, 3.05) is 32.8 Å². The molecular weight excluding hydrogens is 292 g/mol. The molecule has 120 valence electrons. The fraction of sp³-hybridized carbons (Fsp3) is 0.769. The van der Waals surface area contributed by atoms with Gasteiger partial charge in [-0.1, -0.05) is 0 Å². The maximum atomic E-state index is 12.2. The Bertz CT molecular complexity index is 570. The van der Waals surface area contributed by atoms with E-state index in [4.69, 9.17) is 0 Å². The van der Waals surface area contributed by atoms with Crippen molar-refractivity contribution in [1.29, 1.82) is 0 Å². The summed E-state index contributed by atoms with van der Waals surface area (Å²) >= 11 is 0. The van der Waals surface area contributed by atoms with E-state index in [1.54, 1.807) is 18.7 Å². The molecule has 0 saturated carbocycles. The van der Waals surface area contributed by atoms with Crippen molar-refractivity contribution in [2.24, 2.45) is 13.0 Å². The van der Waals surface area contributed by atoms with Crippen molar-refractivity contribution in [3.05, 3.63) is 11.9 Å². The van der Waals surface area contributed by atoms with Gasteiger partial charge in [0, 0.05) is 33.3 Å². The molecule has 1 aliphatic heterocycles. The highest BCUT2D eigenvalue weighted by Crippen LogP contribution is 2.15. The van der Waals surface area contributed by atoms with Crippen LogP contribution in [-0.2, 0) is 17.1 Å². The fourth-order valence-electron chi connectivity index (χ4n) is 2.66. The van der Waals surface area contributed by atoms with Gasteiger partial charge in [-0.05, 0) is 32.2 Å². The zero-order valence-electron chi connectivity index (χ0n) is 12.6. The predicted octanol–water partition coefficient (Wildman–Crippen LogP) is -0.289. The third-order valence-corrected chi connectivity index (χ3v) is 5.63. The maximum Gasteiger partial charge on any atom is 0.244 e. The number of hydrogen-bond acceptors (Lipinski definition) is 5. The number of aromatic nitrogens is 2. The number of nitrogens with one attached hydrogen (secondary N) is 1. The number of aliphatic hydroxyl groups excluding tert-OH is 1. The first kappa shape index (κ1) is 16.4. The van der Waals surface area contributed by atoms with Gasteiger partial charge in [0.15, 0.2) is 0 Å². The normalized spacial score (nSPS) is 20.8. The Morgan fingerprint density at radius 2 is 2.29 bits per heavy atom. The van der Waals surface area contributed by atoms with Crippen molar-refractivity contribution in [2.45, 2.75) is 24.7 Å². The van der Waals surface area contributed by atoms with Gasteiger partial charge in [0.05, 0.1) is 11.9 Å². The molecule has 1 atom stereocenters. The van der Waals surface area contributed by atoms with Crippen LogP contribution in [0.1, 0.15) is 18.5 Å². The first-order valence-corrected chi connectivity index (χ1v) is 8.74. The van der Waals surface area contributed by atoms with Crippen LogP contribution in [0.4, 0.5) is 0 Å². The number of piperidine rings is 1. The molecule has 1 aromatic heterocycles. The van der Waals surface area contributed by atoms with E-state index in [9.17, 15) is 13.5 Å². The molecule has 7 nitrogen and oxygen atoms in total. The molecule has 0 aromatic carbocycles. The molecule has 0 aliphatic carbocycles. The number of hydrogen-bond donors (Lipinski definition) is 2. The number of aliphatic hydroxyl groups is 1. The summed E-state index contributed by atoms with van der Waals surface area (Å²) in [6.45, 7) is 4.77. The highest BCUT2D eigenvalue weighted by Gasteiger charge is 2.22. The van der Waals surface area contributed by atoms with E-state index in [1.807, 2.05) is 0 Å². The van der Waals surface area contributed by atoms with Gasteiger partial charge >= 0.3 is 0 Å². The fourth-order valence-corrected chi connectivity index (χ4v) is 3.88. The minimum Gasteiger partial charge on any atom is -0.396 e. The molecule has 2 rings (SSSR count). The van der Waals surface area contributed by atoms with Gasteiger partial charge in [0.2, 0.25) is 10.0 Å². The van der Waals surface area contributed by atoms with Gasteiger partial charge in [0.25, 0.3) is 0 Å². The Balaban J connectivity index is 1.86. The lowest BCUT2D eigenvalue weighted by molar-refractivity contribution is 0.122. The first-order valence-electron chi connectivity index (χ1n) is 7.25. The van der Waals surface area contributed by atoms with Crippen molar-refractivity contribution in [3.63, 3.8) is 0 Å². The van der Waals surface area contributed by atoms with E-state index in [2.05, 4.69) is 14.7 Å². The summed E-state index contributed by atoms with van der Waals surface area (Å²) in [5, 5.41) is 13.2. The third kappa shape index (κ3) is 4.03. The van der Waals surface area contributed by atoms with Crippen LogP contribution in [0.2, 0.25) is 0 Å². The molecule has 0 radical (unpaired) electrons. The monoisotopic (exact) mass is 316 g/mol. The van der Waals surface area contributed by atoms with E-state index in [0.717, 1.165) is 25.9 Å². The number of likely N-dealkylation sites (tertiary alicyclic amines) is 1. The van der Waals surface area contributed by atoms with Crippen molar-refractivity contribution in [1.82, 2.24) is 19.4 Å². The first-order chi connectivity index (χ1) is 9.94. The van der Waals surface area contributed by atoms with Crippen molar-refractivity contribution >= 4 is 10.0 Å². The van der Waals surface area contributed by atoms with Gasteiger partial charge in [-0.2, -0.15) is 5.10 Å². The van der Waals surface area contributed by atoms with E-state index in [-0.39, 0.29) is 11.5 Å². The second-order valence-corrected chi connectivity index (χ2v) is 7.34. The average molecular weight is 316 g/mol. The molecule has 1 saturated heterocycles. The predicted molar refractivity (Wildman–Crippen MR) is 79.4 cm³/mol. The smallest absolute Gasteiger partial charge is 0.244 e. The van der Waals surface area contributed by atoms with E-state index in [1.165, 1.54) is 6.20 Å². The minimum atomic E-state index is -3.50. The summed E-state index contributed by atoms with van der Waals surface area (Å²) in [5.41, 5.74) is 0.626. The van der Waals surface area contributed by atoms with Gasteiger partial charge in [-0.15, -0.1) is 0 Å². The average Bonchev–Trinajstić information content (AvgIpc) is 2.80. The van der Waals surface area contributed by atoms with Gasteiger partial charge < -0.3 is 10.0 Å². The lowest BCUT2D eigenvalue weighted by Gasteiger charge is -2.31. The van der Waals surface area contributed by atoms with Crippen LogP contribution >= 0.6 is 0 Å². The zero-order chi connectivity index (χ0) is 15.5. The highest BCUT2D eigenvalue weighted by molar-refractivity contribution is 7.89. The van der Waals surface area contributed by atoms with Crippen LogP contribution in [0.15, 0.2) is 11.1 Å². The standard InChI is InChI=1S/C13H24N4O3S/c1-11-13(8-14-16(11)2)21(19,20)15-5-7-17-6-3-4-12(9-17)10-18/h8,12,15,18H,3-7,9-10H2,1-2H3. The lowest BCUT2D eigenvalue weighted by Crippen LogP contribution is -2.41. The molecule has 2 N–H and O–H groups in total. The molecule has 0 bridgehead atoms. The van der Waals surface area contributed by atoms with Gasteiger partial charge in [0.1, 0.15) is 4.90 Å². The van der Waals surface area contributed by atoms with Crippen LogP contribution < -0.4 is 4.72 Å². The highest BCUT2D eigenvalue weighted by atomic mass is 32.2. The van der Waals surface area contributed by atoms with E-state index < -0.39 is 10.0 Å². The quantitative estimate of drug-likeness (QED) is 0.753. The Morgan fingerprint density at radius 1 is 1.52 bits per heavy atom. The molecule has 0 spiro atoms. The molecule has 8 heteroatoms. The largest absolute Gasteiger partial charge is 0.396 e. The molecule has 1 aromatic rings. The molecule has 1 fully saturated rings. The summed E-state index contributed by atoms with van der Waals surface area (Å²) in [6, 6.07) is 0. The molecular formula is C13H24N4O3S. The summed E-state index contributed by atoms with van der Waals surface area (Å²) in [4.78, 5) is 2.43. The Labute approximate surface area is 126 Å². The third-order valence-electron chi connectivity index (χ3n) is 4.06. The molecule has 1 unspecified atom stereocenters. The molecule has 1 aliphatic rings. The molecule has 0 amide bonds. The Kier molecular flexibility index (Phi) is 5.37. The van der Waals surface area contributed by atoms with Crippen molar-refractivity contribution in [3.8, 4) is 0 Å². The second-order valence-electron chi connectivity index (χ2n) is 5.61. The second kappa shape index (κ2) is 6.87. The molecule has 2 heterocycles. The summed E-state index contributed by atoms with van der Waals surface area (Å²) in [6.07, 6.45) is 3.48. The van der Waals surface area contributed by atoms with E-state index in [0.29, 0.717) is 24.7 Å². The Hall–Kier alpha value is -0.960. The lowest BCUT2D eigenvalue weighted by atomic mass is 9.99. The van der Waals surface area contributed by atoms with Gasteiger partial charge in [-0.3, -0.25) is 4.68 Å². The van der Waals surface area contributed by atoms with Crippen LogP contribution in [0.25, 0.3) is 0 Å². The molecule has 21 heavy (non-hydrogen) atoms. The number of aryl methyl sites for hydroxylation is 1. The van der Waals surface area contributed by atoms with Crippen LogP contribution in [-0.4, -0.2) is 61.0 Å².